The van der Waals surface area contributed by atoms with Crippen molar-refractivity contribution in [1.29, 1.82) is 0 Å². The van der Waals surface area contributed by atoms with E-state index in [4.69, 9.17) is 5.84 Å². The number of hydrogen-bond acceptors (Lipinski definition) is 2. The first-order valence-corrected chi connectivity index (χ1v) is 6.21. The van der Waals surface area contributed by atoms with Crippen molar-refractivity contribution < 1.29 is 4.39 Å². The van der Waals surface area contributed by atoms with Gasteiger partial charge in [-0.25, -0.2) is 4.39 Å². The van der Waals surface area contributed by atoms with E-state index in [9.17, 15) is 4.39 Å². The first-order chi connectivity index (χ1) is 7.51. The molecule has 0 aliphatic heterocycles. The van der Waals surface area contributed by atoms with Crippen LogP contribution in [0.5, 0.6) is 0 Å². The third kappa shape index (κ3) is 4.60. The summed E-state index contributed by atoms with van der Waals surface area (Å²) >= 11 is 3.28. The molecular weight excluding hydrogens is 271 g/mol. The second kappa shape index (κ2) is 6.33. The molecule has 0 saturated carbocycles. The number of hydrogen-bond donors (Lipinski definition) is 2. The predicted molar refractivity (Wildman–Crippen MR) is 68.4 cm³/mol. The lowest BCUT2D eigenvalue weighted by Crippen LogP contribution is -2.37. The van der Waals surface area contributed by atoms with E-state index >= 15 is 0 Å². The van der Waals surface area contributed by atoms with Gasteiger partial charge < -0.3 is 0 Å². The highest BCUT2D eigenvalue weighted by Gasteiger charge is 2.10. The minimum Gasteiger partial charge on any atom is -0.271 e. The number of nitrogens with one attached hydrogen (secondary N) is 1. The van der Waals surface area contributed by atoms with E-state index in [2.05, 4.69) is 35.2 Å². The molecule has 0 radical (unpaired) electrons. The van der Waals surface area contributed by atoms with Crippen molar-refractivity contribution in [3.05, 3.63) is 34.1 Å². The molecule has 16 heavy (non-hydrogen) atoms. The van der Waals surface area contributed by atoms with Crippen molar-refractivity contribution in [3.8, 4) is 0 Å². The quantitative estimate of drug-likeness (QED) is 0.646. The van der Waals surface area contributed by atoms with Gasteiger partial charge in [-0.05, 0) is 42.5 Å². The largest absolute Gasteiger partial charge is 0.271 e. The Kier molecular flexibility index (Phi) is 5.38. The number of rotatable bonds is 5. The maximum Gasteiger partial charge on any atom is 0.124 e. The van der Waals surface area contributed by atoms with Crippen LogP contribution in [0.1, 0.15) is 25.8 Å². The average Bonchev–Trinajstić information content (AvgIpc) is 2.14. The van der Waals surface area contributed by atoms with Crippen molar-refractivity contribution in [2.45, 2.75) is 32.7 Å². The van der Waals surface area contributed by atoms with Gasteiger partial charge in [-0.3, -0.25) is 11.3 Å². The molecule has 0 aliphatic carbocycles. The van der Waals surface area contributed by atoms with Gasteiger partial charge >= 0.3 is 0 Å². The predicted octanol–water partition coefficient (Wildman–Crippen LogP) is 3.01. The van der Waals surface area contributed by atoms with Crippen molar-refractivity contribution >= 4 is 15.9 Å². The number of nitrogens with two attached hydrogens (primary N) is 1. The molecule has 0 bridgehead atoms. The van der Waals surface area contributed by atoms with Crippen LogP contribution in [0.25, 0.3) is 0 Å². The lowest BCUT2D eigenvalue weighted by atomic mass is 9.98. The van der Waals surface area contributed by atoms with E-state index in [0.29, 0.717) is 5.92 Å². The van der Waals surface area contributed by atoms with Gasteiger partial charge in [-0.1, -0.05) is 29.8 Å². The molecule has 1 unspecified atom stereocenters. The van der Waals surface area contributed by atoms with E-state index < -0.39 is 0 Å². The zero-order valence-corrected chi connectivity index (χ0v) is 11.2. The van der Waals surface area contributed by atoms with Crippen LogP contribution in [0.3, 0.4) is 0 Å². The van der Waals surface area contributed by atoms with Crippen LogP contribution in [-0.4, -0.2) is 6.04 Å². The molecule has 1 atom stereocenters. The van der Waals surface area contributed by atoms with Crippen LogP contribution in [0.4, 0.5) is 4.39 Å². The molecule has 0 spiro atoms. The second-order valence-corrected chi connectivity index (χ2v) is 5.39. The Hall–Kier alpha value is -0.450. The minimum atomic E-state index is -0.218. The number of hydrazine groups is 1. The van der Waals surface area contributed by atoms with Crippen LogP contribution in [-0.2, 0) is 6.42 Å². The molecule has 1 aromatic rings. The van der Waals surface area contributed by atoms with Gasteiger partial charge in [-0.2, -0.15) is 0 Å². The third-order valence-corrected chi connectivity index (χ3v) is 2.85. The summed E-state index contributed by atoms with van der Waals surface area (Å²) in [5, 5.41) is 0. The SMILES string of the molecule is CC(C)CC(Cc1cc(F)cc(Br)c1)NN. The van der Waals surface area contributed by atoms with E-state index in [0.717, 1.165) is 22.9 Å². The molecule has 3 N–H and O–H groups in total. The molecule has 1 aromatic carbocycles. The van der Waals surface area contributed by atoms with Crippen LogP contribution in [0, 0.1) is 11.7 Å². The van der Waals surface area contributed by atoms with E-state index in [1.165, 1.54) is 6.07 Å². The summed E-state index contributed by atoms with van der Waals surface area (Å²) in [7, 11) is 0. The maximum atomic E-state index is 13.2. The normalized spacial score (nSPS) is 13.1. The fourth-order valence-electron chi connectivity index (χ4n) is 1.79. The van der Waals surface area contributed by atoms with Crippen molar-refractivity contribution in [2.24, 2.45) is 11.8 Å². The molecule has 0 fully saturated rings. The summed E-state index contributed by atoms with van der Waals surface area (Å²) in [4.78, 5) is 0. The summed E-state index contributed by atoms with van der Waals surface area (Å²) in [5.41, 5.74) is 3.74. The summed E-state index contributed by atoms with van der Waals surface area (Å²) in [6.45, 7) is 4.29. The van der Waals surface area contributed by atoms with Crippen LogP contribution in [0.2, 0.25) is 0 Å². The highest BCUT2D eigenvalue weighted by molar-refractivity contribution is 9.10. The summed E-state index contributed by atoms with van der Waals surface area (Å²) in [6, 6.07) is 5.12. The fraction of sp³-hybridized carbons (Fsp3) is 0.500. The van der Waals surface area contributed by atoms with Crippen molar-refractivity contribution in [1.82, 2.24) is 5.43 Å². The molecule has 1 rings (SSSR count). The molecular formula is C12H18BrFN2. The topological polar surface area (TPSA) is 38.0 Å². The lowest BCUT2D eigenvalue weighted by Gasteiger charge is -2.18. The van der Waals surface area contributed by atoms with Crippen LogP contribution >= 0.6 is 15.9 Å². The molecule has 0 aliphatic rings. The van der Waals surface area contributed by atoms with Gasteiger partial charge in [0.15, 0.2) is 0 Å². The average molecular weight is 289 g/mol. The summed E-state index contributed by atoms with van der Waals surface area (Å²) < 4.78 is 13.9. The Bertz CT molecular complexity index is 322. The molecule has 0 heterocycles. The maximum absolute atomic E-state index is 13.2. The minimum absolute atomic E-state index is 0.189. The van der Waals surface area contributed by atoms with E-state index in [-0.39, 0.29) is 11.9 Å². The van der Waals surface area contributed by atoms with Crippen LogP contribution in [0.15, 0.2) is 22.7 Å². The third-order valence-electron chi connectivity index (χ3n) is 2.40. The molecule has 4 heteroatoms. The Morgan fingerprint density at radius 1 is 1.38 bits per heavy atom. The highest BCUT2D eigenvalue weighted by atomic mass is 79.9. The van der Waals surface area contributed by atoms with Gasteiger partial charge in [0.05, 0.1) is 0 Å². The lowest BCUT2D eigenvalue weighted by molar-refractivity contribution is 0.422. The van der Waals surface area contributed by atoms with E-state index in [1.807, 2.05) is 6.07 Å². The first-order valence-electron chi connectivity index (χ1n) is 5.42. The zero-order chi connectivity index (χ0) is 12.1. The van der Waals surface area contributed by atoms with Gasteiger partial charge in [0, 0.05) is 10.5 Å². The standard InChI is InChI=1S/C12H18BrFN2/c1-8(2)3-12(16-15)6-9-4-10(13)7-11(14)5-9/h4-5,7-8,12,16H,3,6,15H2,1-2H3. The highest BCUT2D eigenvalue weighted by Crippen LogP contribution is 2.17. The van der Waals surface area contributed by atoms with Gasteiger partial charge in [-0.15, -0.1) is 0 Å². The summed E-state index contributed by atoms with van der Waals surface area (Å²) in [5.74, 6) is 5.84. The monoisotopic (exact) mass is 288 g/mol. The van der Waals surface area contributed by atoms with Gasteiger partial charge in [0.1, 0.15) is 5.82 Å². The molecule has 0 aromatic heterocycles. The Labute approximate surface area is 105 Å². The summed E-state index contributed by atoms with van der Waals surface area (Å²) in [6.07, 6.45) is 1.72. The van der Waals surface area contributed by atoms with Crippen LogP contribution < -0.4 is 11.3 Å². The number of halogens is 2. The van der Waals surface area contributed by atoms with Crippen molar-refractivity contribution in [3.63, 3.8) is 0 Å². The Balaban J connectivity index is 2.69. The Morgan fingerprint density at radius 2 is 2.06 bits per heavy atom. The van der Waals surface area contributed by atoms with E-state index in [1.54, 1.807) is 6.07 Å². The molecule has 0 amide bonds. The Morgan fingerprint density at radius 3 is 2.56 bits per heavy atom. The zero-order valence-electron chi connectivity index (χ0n) is 9.63. The molecule has 2 nitrogen and oxygen atoms in total. The molecule has 90 valence electrons. The molecule has 0 saturated heterocycles. The first kappa shape index (κ1) is 13.6. The smallest absolute Gasteiger partial charge is 0.124 e. The second-order valence-electron chi connectivity index (χ2n) is 4.47. The van der Waals surface area contributed by atoms with Gasteiger partial charge in [0.2, 0.25) is 0 Å². The number of benzene rings is 1. The fourth-order valence-corrected chi connectivity index (χ4v) is 2.31. The van der Waals surface area contributed by atoms with Crippen molar-refractivity contribution in [2.75, 3.05) is 0 Å². The van der Waals surface area contributed by atoms with Gasteiger partial charge in [0.25, 0.3) is 0 Å².